The maximum Gasteiger partial charge on any atom is 0.262 e. The molecule has 1 amide bonds. The second-order valence-electron chi connectivity index (χ2n) is 4.63. The monoisotopic (exact) mass is 315 g/mol. The molecule has 1 aromatic heterocycles. The van der Waals surface area contributed by atoms with Crippen molar-refractivity contribution >= 4 is 33.2 Å². The Kier molecular flexibility index (Phi) is 4.62. The summed E-state index contributed by atoms with van der Waals surface area (Å²) in [4.78, 5) is 12.9. The van der Waals surface area contributed by atoms with Crippen molar-refractivity contribution in [3.8, 4) is 0 Å². The summed E-state index contributed by atoms with van der Waals surface area (Å²) >= 11 is 4.91. The SMILES string of the molecule is CCC1CCCCC1NC(=O)c1sccc1Br. The second-order valence-corrected chi connectivity index (χ2v) is 6.40. The van der Waals surface area contributed by atoms with Gasteiger partial charge in [-0.25, -0.2) is 0 Å². The molecule has 0 saturated heterocycles. The van der Waals surface area contributed by atoms with Crippen molar-refractivity contribution in [1.29, 1.82) is 0 Å². The molecule has 2 unspecified atom stereocenters. The Balaban J connectivity index is 2.00. The molecule has 4 heteroatoms. The third-order valence-corrected chi connectivity index (χ3v) is 5.41. The van der Waals surface area contributed by atoms with Gasteiger partial charge >= 0.3 is 0 Å². The minimum atomic E-state index is 0.0808. The summed E-state index contributed by atoms with van der Waals surface area (Å²) in [7, 11) is 0. The fourth-order valence-electron chi connectivity index (χ4n) is 2.58. The number of carbonyl (C=O) groups is 1. The van der Waals surface area contributed by atoms with Crippen LogP contribution in [0.25, 0.3) is 0 Å². The summed E-state index contributed by atoms with van der Waals surface area (Å²) < 4.78 is 0.906. The molecular formula is C13H18BrNOS. The van der Waals surface area contributed by atoms with Gasteiger partial charge in [-0.2, -0.15) is 0 Å². The predicted octanol–water partition coefficient (Wildman–Crippen LogP) is 4.21. The lowest BCUT2D eigenvalue weighted by molar-refractivity contribution is 0.0908. The van der Waals surface area contributed by atoms with Crippen LogP contribution in [0.2, 0.25) is 0 Å². The molecule has 1 saturated carbocycles. The van der Waals surface area contributed by atoms with Crippen LogP contribution < -0.4 is 5.32 Å². The first-order valence-corrected chi connectivity index (χ1v) is 7.93. The number of carbonyl (C=O) groups excluding carboxylic acids is 1. The van der Waals surface area contributed by atoms with E-state index in [0.717, 1.165) is 22.2 Å². The highest BCUT2D eigenvalue weighted by Crippen LogP contribution is 2.28. The van der Waals surface area contributed by atoms with Crippen LogP contribution in [0.3, 0.4) is 0 Å². The number of thiophene rings is 1. The van der Waals surface area contributed by atoms with E-state index >= 15 is 0 Å². The van der Waals surface area contributed by atoms with Gasteiger partial charge in [0.2, 0.25) is 0 Å². The molecule has 94 valence electrons. The molecule has 0 aliphatic heterocycles. The Bertz CT molecular complexity index is 391. The van der Waals surface area contributed by atoms with E-state index in [1.807, 2.05) is 11.4 Å². The zero-order chi connectivity index (χ0) is 12.3. The molecule has 2 rings (SSSR count). The van der Waals surface area contributed by atoms with E-state index in [1.54, 1.807) is 0 Å². The smallest absolute Gasteiger partial charge is 0.262 e. The average Bonchev–Trinajstić information content (AvgIpc) is 2.76. The van der Waals surface area contributed by atoms with Gasteiger partial charge in [0, 0.05) is 10.5 Å². The standard InChI is InChI=1S/C13H18BrNOS/c1-2-9-5-3-4-6-11(9)15-13(16)12-10(14)7-8-17-12/h7-9,11H,2-6H2,1H3,(H,15,16). The third kappa shape index (κ3) is 3.10. The van der Waals surface area contributed by atoms with Crippen molar-refractivity contribution < 1.29 is 4.79 Å². The fourth-order valence-corrected chi connectivity index (χ4v) is 4.03. The van der Waals surface area contributed by atoms with Crippen molar-refractivity contribution in [1.82, 2.24) is 5.32 Å². The molecule has 1 N–H and O–H groups in total. The summed E-state index contributed by atoms with van der Waals surface area (Å²) in [5, 5.41) is 5.15. The number of hydrogen-bond acceptors (Lipinski definition) is 2. The number of hydrogen-bond donors (Lipinski definition) is 1. The largest absolute Gasteiger partial charge is 0.348 e. The van der Waals surface area contributed by atoms with Gasteiger partial charge in [-0.1, -0.05) is 26.2 Å². The zero-order valence-electron chi connectivity index (χ0n) is 10.0. The predicted molar refractivity (Wildman–Crippen MR) is 75.5 cm³/mol. The van der Waals surface area contributed by atoms with Crippen LogP contribution in [0.4, 0.5) is 0 Å². The lowest BCUT2D eigenvalue weighted by Gasteiger charge is -2.31. The van der Waals surface area contributed by atoms with Crippen molar-refractivity contribution in [2.45, 2.75) is 45.1 Å². The maximum atomic E-state index is 12.1. The first-order chi connectivity index (χ1) is 8.22. The van der Waals surface area contributed by atoms with Gasteiger partial charge in [-0.3, -0.25) is 4.79 Å². The molecule has 0 aromatic carbocycles. The molecule has 0 radical (unpaired) electrons. The van der Waals surface area contributed by atoms with Gasteiger partial charge in [-0.05, 0) is 46.1 Å². The van der Waals surface area contributed by atoms with Crippen LogP contribution in [-0.2, 0) is 0 Å². The Morgan fingerprint density at radius 3 is 2.94 bits per heavy atom. The van der Waals surface area contributed by atoms with E-state index in [0.29, 0.717) is 12.0 Å². The summed E-state index contributed by atoms with van der Waals surface area (Å²) in [6.45, 7) is 2.22. The fraction of sp³-hybridized carbons (Fsp3) is 0.615. The zero-order valence-corrected chi connectivity index (χ0v) is 12.4. The van der Waals surface area contributed by atoms with Crippen LogP contribution in [0.15, 0.2) is 15.9 Å². The Morgan fingerprint density at radius 2 is 2.29 bits per heavy atom. The summed E-state index contributed by atoms with van der Waals surface area (Å²) in [6.07, 6.45) is 6.11. The molecule has 17 heavy (non-hydrogen) atoms. The lowest BCUT2D eigenvalue weighted by Crippen LogP contribution is -2.41. The summed E-state index contributed by atoms with van der Waals surface area (Å²) in [5.41, 5.74) is 0. The van der Waals surface area contributed by atoms with E-state index < -0.39 is 0 Å². The Hall–Kier alpha value is -0.350. The quantitative estimate of drug-likeness (QED) is 0.889. The van der Waals surface area contributed by atoms with Gasteiger partial charge in [0.05, 0.1) is 0 Å². The maximum absolute atomic E-state index is 12.1. The summed E-state index contributed by atoms with van der Waals surface area (Å²) in [6, 6.07) is 2.30. The van der Waals surface area contributed by atoms with Crippen molar-refractivity contribution in [2.75, 3.05) is 0 Å². The molecule has 2 nitrogen and oxygen atoms in total. The van der Waals surface area contributed by atoms with E-state index in [1.165, 1.54) is 30.6 Å². The number of rotatable bonds is 3. The summed E-state index contributed by atoms with van der Waals surface area (Å²) in [5.74, 6) is 0.740. The molecule has 1 heterocycles. The molecule has 1 aromatic rings. The molecule has 0 bridgehead atoms. The van der Waals surface area contributed by atoms with Crippen molar-refractivity contribution in [3.63, 3.8) is 0 Å². The van der Waals surface area contributed by atoms with Gasteiger partial charge < -0.3 is 5.32 Å². The number of nitrogens with one attached hydrogen (secondary N) is 1. The van der Waals surface area contributed by atoms with Crippen LogP contribution in [0, 0.1) is 5.92 Å². The lowest BCUT2D eigenvalue weighted by atomic mass is 9.83. The highest BCUT2D eigenvalue weighted by Gasteiger charge is 2.26. The minimum Gasteiger partial charge on any atom is -0.348 e. The molecular weight excluding hydrogens is 298 g/mol. The first-order valence-electron chi connectivity index (χ1n) is 6.26. The third-order valence-electron chi connectivity index (χ3n) is 3.57. The van der Waals surface area contributed by atoms with Crippen LogP contribution in [0.5, 0.6) is 0 Å². The average molecular weight is 316 g/mol. The van der Waals surface area contributed by atoms with Gasteiger partial charge in [0.1, 0.15) is 4.88 Å². The van der Waals surface area contributed by atoms with Gasteiger partial charge in [0.15, 0.2) is 0 Å². The van der Waals surface area contributed by atoms with Crippen LogP contribution in [0.1, 0.15) is 48.7 Å². The first kappa shape index (κ1) is 13.1. The molecule has 0 spiro atoms. The topological polar surface area (TPSA) is 29.1 Å². The van der Waals surface area contributed by atoms with Crippen molar-refractivity contribution in [2.24, 2.45) is 5.92 Å². The van der Waals surface area contributed by atoms with E-state index in [9.17, 15) is 4.79 Å². The normalized spacial score (nSPS) is 24.6. The number of halogens is 1. The highest BCUT2D eigenvalue weighted by atomic mass is 79.9. The Labute approximate surface area is 115 Å². The van der Waals surface area contributed by atoms with E-state index in [-0.39, 0.29) is 5.91 Å². The second kappa shape index (κ2) is 6.01. The minimum absolute atomic E-state index is 0.0808. The van der Waals surface area contributed by atoms with Gasteiger partial charge in [-0.15, -0.1) is 11.3 Å². The molecule has 1 aliphatic carbocycles. The van der Waals surface area contributed by atoms with E-state index in [4.69, 9.17) is 0 Å². The Morgan fingerprint density at radius 1 is 1.53 bits per heavy atom. The molecule has 1 aliphatic rings. The molecule has 1 fully saturated rings. The van der Waals surface area contributed by atoms with Crippen molar-refractivity contribution in [3.05, 3.63) is 20.8 Å². The van der Waals surface area contributed by atoms with E-state index in [2.05, 4.69) is 28.2 Å². The van der Waals surface area contributed by atoms with Crippen LogP contribution in [-0.4, -0.2) is 11.9 Å². The highest BCUT2D eigenvalue weighted by molar-refractivity contribution is 9.10. The van der Waals surface area contributed by atoms with Gasteiger partial charge in [0.25, 0.3) is 5.91 Å². The molecule has 2 atom stereocenters. The number of amides is 1. The van der Waals surface area contributed by atoms with Crippen LogP contribution >= 0.6 is 27.3 Å².